The predicted octanol–water partition coefficient (Wildman–Crippen LogP) is 2.21. The Morgan fingerprint density at radius 1 is 1.21 bits per heavy atom. The Morgan fingerprint density at radius 2 is 1.96 bits per heavy atom. The van der Waals surface area contributed by atoms with E-state index < -0.39 is 0 Å². The minimum atomic E-state index is 0.165. The number of anilines is 1. The summed E-state index contributed by atoms with van der Waals surface area (Å²) in [6, 6.07) is 6.13. The number of likely N-dealkylation sites (tertiary alicyclic amines) is 1. The first-order valence-corrected chi connectivity index (χ1v) is 9.41. The number of aromatic nitrogens is 1. The summed E-state index contributed by atoms with van der Waals surface area (Å²) in [7, 11) is 0. The van der Waals surface area contributed by atoms with Gasteiger partial charge in [-0.15, -0.1) is 0 Å². The normalized spacial score (nSPS) is 19.6. The summed E-state index contributed by atoms with van der Waals surface area (Å²) in [5, 5.41) is 3.14. The molecule has 0 atom stereocenters. The van der Waals surface area contributed by atoms with Gasteiger partial charge in [0.25, 0.3) is 0 Å². The molecule has 1 aromatic heterocycles. The van der Waals surface area contributed by atoms with Gasteiger partial charge in [-0.1, -0.05) is 6.07 Å². The molecule has 5 nitrogen and oxygen atoms in total. The molecule has 3 rings (SSSR count). The van der Waals surface area contributed by atoms with E-state index in [9.17, 15) is 4.79 Å². The van der Waals surface area contributed by atoms with Crippen molar-refractivity contribution >= 4 is 11.7 Å². The van der Waals surface area contributed by atoms with Gasteiger partial charge in [0, 0.05) is 31.2 Å². The highest BCUT2D eigenvalue weighted by Gasteiger charge is 2.25. The molecule has 0 radical (unpaired) electrons. The van der Waals surface area contributed by atoms with Crippen LogP contribution >= 0.6 is 0 Å². The summed E-state index contributed by atoms with van der Waals surface area (Å²) in [6.07, 6.45) is 5.58. The third kappa shape index (κ3) is 4.69. The van der Waals surface area contributed by atoms with Crippen molar-refractivity contribution in [2.45, 2.75) is 39.0 Å². The van der Waals surface area contributed by atoms with Crippen LogP contribution in [0, 0.1) is 12.8 Å². The summed E-state index contributed by atoms with van der Waals surface area (Å²) in [5.74, 6) is 1.45. The molecule has 2 fully saturated rings. The monoisotopic (exact) mass is 330 g/mol. The molecule has 0 unspecified atom stereocenters. The molecular weight excluding hydrogens is 300 g/mol. The van der Waals surface area contributed by atoms with Crippen molar-refractivity contribution in [1.29, 1.82) is 0 Å². The number of nitrogens with one attached hydrogen (secondary N) is 1. The molecule has 3 heterocycles. The quantitative estimate of drug-likeness (QED) is 0.813. The summed E-state index contributed by atoms with van der Waals surface area (Å²) in [4.78, 5) is 21.7. The Labute approximate surface area is 145 Å². The summed E-state index contributed by atoms with van der Waals surface area (Å²) in [5.41, 5.74) is 1.05. The first kappa shape index (κ1) is 17.2. The smallest absolute Gasteiger partial charge is 0.223 e. The second kappa shape index (κ2) is 8.47. The molecule has 0 aliphatic carbocycles. The van der Waals surface area contributed by atoms with E-state index in [0.29, 0.717) is 0 Å². The maximum Gasteiger partial charge on any atom is 0.223 e. The molecule has 132 valence electrons. The lowest BCUT2D eigenvalue weighted by Crippen LogP contribution is -2.41. The van der Waals surface area contributed by atoms with E-state index in [0.717, 1.165) is 57.0 Å². The topological polar surface area (TPSA) is 48.5 Å². The molecule has 2 aliphatic heterocycles. The number of carbonyl (C=O) groups excluding carboxylic acids is 1. The van der Waals surface area contributed by atoms with Gasteiger partial charge in [0.2, 0.25) is 5.91 Å². The van der Waals surface area contributed by atoms with Crippen molar-refractivity contribution < 1.29 is 4.79 Å². The highest BCUT2D eigenvalue weighted by molar-refractivity contribution is 5.78. The van der Waals surface area contributed by atoms with Crippen molar-refractivity contribution in [3.05, 3.63) is 23.9 Å². The van der Waals surface area contributed by atoms with Crippen LogP contribution < -0.4 is 10.2 Å². The molecule has 0 bridgehead atoms. The third-order valence-electron chi connectivity index (χ3n) is 5.21. The molecule has 1 aromatic rings. The minimum absolute atomic E-state index is 0.165. The standard InChI is InChI=1S/C19H30N4O/c1-16-6-4-7-18(21-16)23-14-8-17(9-15-23)19(24)20-10-5-13-22-11-2-3-12-22/h4,6-7,17H,2-3,5,8-15H2,1H3,(H,20,24). The third-order valence-corrected chi connectivity index (χ3v) is 5.21. The van der Waals surface area contributed by atoms with E-state index >= 15 is 0 Å². The average molecular weight is 330 g/mol. The van der Waals surface area contributed by atoms with Gasteiger partial charge in [0.1, 0.15) is 5.82 Å². The van der Waals surface area contributed by atoms with Crippen LogP contribution in [-0.2, 0) is 4.79 Å². The number of aryl methyl sites for hydroxylation is 1. The van der Waals surface area contributed by atoms with Crippen LogP contribution in [0.25, 0.3) is 0 Å². The lowest BCUT2D eigenvalue weighted by Gasteiger charge is -2.32. The number of hydrogen-bond donors (Lipinski definition) is 1. The number of piperidine rings is 1. The zero-order chi connectivity index (χ0) is 16.8. The second-order valence-electron chi connectivity index (χ2n) is 7.09. The Bertz CT molecular complexity index is 534. The van der Waals surface area contributed by atoms with Gasteiger partial charge >= 0.3 is 0 Å². The van der Waals surface area contributed by atoms with Gasteiger partial charge in [-0.2, -0.15) is 0 Å². The lowest BCUT2D eigenvalue weighted by molar-refractivity contribution is -0.125. The number of hydrogen-bond acceptors (Lipinski definition) is 4. The van der Waals surface area contributed by atoms with E-state index in [-0.39, 0.29) is 11.8 Å². The van der Waals surface area contributed by atoms with Crippen LogP contribution in [-0.4, -0.2) is 55.1 Å². The zero-order valence-corrected chi connectivity index (χ0v) is 14.8. The van der Waals surface area contributed by atoms with Gasteiger partial charge in [-0.05, 0) is 70.8 Å². The van der Waals surface area contributed by atoms with Gasteiger partial charge < -0.3 is 15.1 Å². The van der Waals surface area contributed by atoms with Crippen LogP contribution in [0.4, 0.5) is 5.82 Å². The van der Waals surface area contributed by atoms with Crippen LogP contribution in [0.1, 0.15) is 37.8 Å². The second-order valence-corrected chi connectivity index (χ2v) is 7.09. The molecule has 0 spiro atoms. The average Bonchev–Trinajstić information content (AvgIpc) is 3.12. The number of nitrogens with zero attached hydrogens (tertiary/aromatic N) is 3. The molecule has 0 saturated carbocycles. The van der Waals surface area contributed by atoms with E-state index in [1.54, 1.807) is 0 Å². The number of amides is 1. The SMILES string of the molecule is Cc1cccc(N2CCC(C(=O)NCCCN3CCCC3)CC2)n1. The van der Waals surface area contributed by atoms with Crippen LogP contribution in [0.2, 0.25) is 0 Å². The van der Waals surface area contributed by atoms with Gasteiger partial charge in [0.15, 0.2) is 0 Å². The first-order valence-electron chi connectivity index (χ1n) is 9.41. The molecule has 2 saturated heterocycles. The highest BCUT2D eigenvalue weighted by atomic mass is 16.1. The van der Waals surface area contributed by atoms with E-state index in [1.807, 2.05) is 13.0 Å². The van der Waals surface area contributed by atoms with E-state index in [2.05, 4.69) is 32.2 Å². The van der Waals surface area contributed by atoms with Crippen LogP contribution in [0.3, 0.4) is 0 Å². The fourth-order valence-electron chi connectivity index (χ4n) is 3.74. The molecule has 2 aliphatic rings. The fraction of sp³-hybridized carbons (Fsp3) is 0.684. The van der Waals surface area contributed by atoms with Gasteiger partial charge in [0.05, 0.1) is 0 Å². The van der Waals surface area contributed by atoms with Crippen molar-refractivity contribution in [1.82, 2.24) is 15.2 Å². The summed E-state index contributed by atoms with van der Waals surface area (Å²) < 4.78 is 0. The molecule has 5 heteroatoms. The van der Waals surface area contributed by atoms with E-state index in [4.69, 9.17) is 0 Å². The molecule has 0 aromatic carbocycles. The molecule has 1 N–H and O–H groups in total. The van der Waals surface area contributed by atoms with Gasteiger partial charge in [-0.3, -0.25) is 4.79 Å². The zero-order valence-electron chi connectivity index (χ0n) is 14.8. The van der Waals surface area contributed by atoms with Crippen LogP contribution in [0.15, 0.2) is 18.2 Å². The maximum atomic E-state index is 12.3. The van der Waals surface area contributed by atoms with Crippen LogP contribution in [0.5, 0.6) is 0 Å². The van der Waals surface area contributed by atoms with Crippen molar-refractivity contribution in [3.8, 4) is 0 Å². The molecular formula is C19H30N4O. The number of carbonyl (C=O) groups is 1. The Balaban J connectivity index is 1.35. The highest BCUT2D eigenvalue weighted by Crippen LogP contribution is 2.22. The Kier molecular flexibility index (Phi) is 6.07. The molecule has 24 heavy (non-hydrogen) atoms. The molecule has 1 amide bonds. The summed E-state index contributed by atoms with van der Waals surface area (Å²) >= 11 is 0. The largest absolute Gasteiger partial charge is 0.357 e. The Morgan fingerprint density at radius 3 is 2.67 bits per heavy atom. The lowest BCUT2D eigenvalue weighted by atomic mass is 9.96. The fourth-order valence-corrected chi connectivity index (χ4v) is 3.74. The Hall–Kier alpha value is -1.62. The van der Waals surface area contributed by atoms with Crippen molar-refractivity contribution in [2.24, 2.45) is 5.92 Å². The first-order chi connectivity index (χ1) is 11.7. The predicted molar refractivity (Wildman–Crippen MR) is 97.2 cm³/mol. The maximum absolute atomic E-state index is 12.3. The van der Waals surface area contributed by atoms with Crippen molar-refractivity contribution in [3.63, 3.8) is 0 Å². The van der Waals surface area contributed by atoms with E-state index in [1.165, 1.54) is 25.9 Å². The van der Waals surface area contributed by atoms with Gasteiger partial charge in [-0.25, -0.2) is 4.98 Å². The minimum Gasteiger partial charge on any atom is -0.357 e. The number of pyridine rings is 1. The number of rotatable bonds is 6. The van der Waals surface area contributed by atoms with Crippen molar-refractivity contribution in [2.75, 3.05) is 44.2 Å². The summed E-state index contributed by atoms with van der Waals surface area (Å²) in [6.45, 7) is 8.27.